The van der Waals surface area contributed by atoms with E-state index in [1.54, 1.807) is 0 Å². The Morgan fingerprint density at radius 3 is 2.65 bits per heavy atom. The summed E-state index contributed by atoms with van der Waals surface area (Å²) >= 11 is 0. The molecule has 166 valence electrons. The van der Waals surface area contributed by atoms with Crippen LogP contribution in [0.15, 0.2) is 18.2 Å². The second-order valence-corrected chi connectivity index (χ2v) is 9.22. The maximum absolute atomic E-state index is 13.1. The summed E-state index contributed by atoms with van der Waals surface area (Å²) in [5.41, 5.74) is 3.23. The Morgan fingerprint density at radius 2 is 1.94 bits per heavy atom. The van der Waals surface area contributed by atoms with Gasteiger partial charge in [-0.25, -0.2) is 0 Å². The number of piperazine rings is 1. The number of likely N-dealkylation sites (tertiary alicyclic amines) is 1. The van der Waals surface area contributed by atoms with Crippen LogP contribution in [0.5, 0.6) is 0 Å². The molecule has 0 spiro atoms. The number of ketones is 1. The Balaban J connectivity index is 1.20. The smallest absolute Gasteiger partial charge is 0.254 e. The van der Waals surface area contributed by atoms with Crippen molar-refractivity contribution >= 4 is 18.0 Å². The van der Waals surface area contributed by atoms with Gasteiger partial charge in [0.25, 0.3) is 5.91 Å². The van der Waals surface area contributed by atoms with Crippen molar-refractivity contribution in [1.82, 2.24) is 25.3 Å². The lowest BCUT2D eigenvalue weighted by molar-refractivity contribution is -0.131. The van der Waals surface area contributed by atoms with Crippen LogP contribution >= 0.6 is 0 Å². The maximum Gasteiger partial charge on any atom is 0.254 e. The van der Waals surface area contributed by atoms with Crippen LogP contribution in [0.4, 0.5) is 0 Å². The molecular formula is C23H31N5O3. The summed E-state index contributed by atoms with van der Waals surface area (Å²) in [6.45, 7) is 8.72. The summed E-state index contributed by atoms with van der Waals surface area (Å²) in [6, 6.07) is 6.42. The van der Waals surface area contributed by atoms with E-state index in [2.05, 4.69) is 26.5 Å². The van der Waals surface area contributed by atoms with Gasteiger partial charge in [-0.1, -0.05) is 12.1 Å². The summed E-state index contributed by atoms with van der Waals surface area (Å²) in [7, 11) is 0. The summed E-state index contributed by atoms with van der Waals surface area (Å²) in [5.74, 6) is -0.309. The molecule has 5 rings (SSSR count). The van der Waals surface area contributed by atoms with Crippen LogP contribution in [-0.2, 0) is 22.7 Å². The number of piperidine rings is 1. The fourth-order valence-corrected chi connectivity index (χ4v) is 5.48. The molecule has 4 heterocycles. The van der Waals surface area contributed by atoms with Gasteiger partial charge in [0.1, 0.15) is 0 Å². The van der Waals surface area contributed by atoms with E-state index in [1.807, 2.05) is 17.0 Å². The highest BCUT2D eigenvalue weighted by atomic mass is 16.2. The molecule has 4 aliphatic heterocycles. The first kappa shape index (κ1) is 20.8. The van der Waals surface area contributed by atoms with E-state index >= 15 is 0 Å². The number of benzene rings is 1. The highest BCUT2D eigenvalue weighted by Gasteiger charge is 2.38. The van der Waals surface area contributed by atoms with E-state index in [0.717, 1.165) is 63.4 Å². The molecule has 8 heteroatoms. The summed E-state index contributed by atoms with van der Waals surface area (Å²) in [5, 5.41) is 6.57. The van der Waals surface area contributed by atoms with Gasteiger partial charge in [-0.15, -0.1) is 0 Å². The minimum absolute atomic E-state index is 0.0598. The maximum atomic E-state index is 13.1. The first-order valence-electron chi connectivity index (χ1n) is 11.5. The van der Waals surface area contributed by atoms with Crippen LogP contribution in [0.1, 0.15) is 34.3 Å². The Labute approximate surface area is 182 Å². The fourth-order valence-electron chi connectivity index (χ4n) is 5.48. The molecule has 3 saturated heterocycles. The van der Waals surface area contributed by atoms with Crippen molar-refractivity contribution in [1.29, 1.82) is 0 Å². The summed E-state index contributed by atoms with van der Waals surface area (Å²) in [6.07, 6.45) is 1.73. The van der Waals surface area contributed by atoms with E-state index in [9.17, 15) is 14.4 Å². The number of carbonyl (C=O) groups excluding carboxylic acids is 3. The zero-order valence-electron chi connectivity index (χ0n) is 17.9. The van der Waals surface area contributed by atoms with Crippen molar-refractivity contribution < 1.29 is 14.4 Å². The van der Waals surface area contributed by atoms with E-state index in [0.29, 0.717) is 31.8 Å². The molecule has 2 unspecified atom stereocenters. The van der Waals surface area contributed by atoms with E-state index < -0.39 is 11.8 Å². The molecule has 2 atom stereocenters. The average molecular weight is 426 g/mol. The van der Waals surface area contributed by atoms with Crippen molar-refractivity contribution in [3.63, 3.8) is 0 Å². The minimum Gasteiger partial charge on any atom is -0.330 e. The lowest BCUT2D eigenvalue weighted by Gasteiger charge is -2.47. The second-order valence-electron chi connectivity index (χ2n) is 9.22. The van der Waals surface area contributed by atoms with Gasteiger partial charge in [0, 0.05) is 76.5 Å². The number of rotatable bonds is 6. The Kier molecular flexibility index (Phi) is 5.88. The molecule has 4 aliphatic rings. The molecule has 0 bridgehead atoms. The Bertz CT molecular complexity index is 855. The number of hydrogen-bond acceptors (Lipinski definition) is 7. The predicted molar refractivity (Wildman–Crippen MR) is 116 cm³/mol. The third-order valence-corrected chi connectivity index (χ3v) is 7.38. The number of nitrogens with one attached hydrogen (secondary N) is 2. The Hall–Kier alpha value is -2.13. The predicted octanol–water partition coefficient (Wildman–Crippen LogP) is -0.380. The van der Waals surface area contributed by atoms with Gasteiger partial charge < -0.3 is 15.5 Å². The first-order valence-corrected chi connectivity index (χ1v) is 11.5. The number of carbonyl (C=O) groups is 3. The van der Waals surface area contributed by atoms with Gasteiger partial charge in [0.2, 0.25) is 5.78 Å². The van der Waals surface area contributed by atoms with Crippen LogP contribution in [0, 0.1) is 0 Å². The van der Waals surface area contributed by atoms with Crippen molar-refractivity contribution in [2.45, 2.75) is 44.1 Å². The number of aldehydes is 1. The van der Waals surface area contributed by atoms with E-state index in [1.165, 1.54) is 5.56 Å². The highest BCUT2D eigenvalue weighted by molar-refractivity contribution is 6.27. The van der Waals surface area contributed by atoms with Gasteiger partial charge in [0.15, 0.2) is 6.29 Å². The highest BCUT2D eigenvalue weighted by Crippen LogP contribution is 2.31. The van der Waals surface area contributed by atoms with Crippen LogP contribution < -0.4 is 10.6 Å². The van der Waals surface area contributed by atoms with Crippen molar-refractivity contribution in [3.8, 4) is 0 Å². The molecule has 0 saturated carbocycles. The first-order chi connectivity index (χ1) is 15.1. The average Bonchev–Trinajstić information content (AvgIpc) is 3.13. The topological polar surface area (TPSA) is 85.0 Å². The van der Waals surface area contributed by atoms with E-state index in [4.69, 9.17) is 0 Å². The third kappa shape index (κ3) is 4.05. The zero-order chi connectivity index (χ0) is 21.4. The van der Waals surface area contributed by atoms with Gasteiger partial charge in [-0.05, 0) is 30.0 Å². The molecule has 31 heavy (non-hydrogen) atoms. The molecule has 8 nitrogen and oxygen atoms in total. The second kappa shape index (κ2) is 8.78. The largest absolute Gasteiger partial charge is 0.330 e. The molecule has 0 aromatic heterocycles. The molecule has 1 amide bonds. The van der Waals surface area contributed by atoms with E-state index in [-0.39, 0.29) is 11.9 Å². The van der Waals surface area contributed by atoms with Crippen LogP contribution in [0.25, 0.3) is 0 Å². The molecule has 2 N–H and O–H groups in total. The van der Waals surface area contributed by atoms with Crippen LogP contribution in [0.3, 0.4) is 0 Å². The van der Waals surface area contributed by atoms with Crippen LogP contribution in [0.2, 0.25) is 0 Å². The summed E-state index contributed by atoms with van der Waals surface area (Å²) in [4.78, 5) is 42.5. The lowest BCUT2D eigenvalue weighted by atomic mass is 9.97. The molecule has 0 radical (unpaired) electrons. The third-order valence-electron chi connectivity index (χ3n) is 7.38. The number of nitrogens with zero attached hydrogens (tertiary/aromatic N) is 3. The van der Waals surface area contributed by atoms with Gasteiger partial charge in [-0.2, -0.15) is 0 Å². The molecule has 1 aromatic rings. The summed E-state index contributed by atoms with van der Waals surface area (Å²) < 4.78 is 0. The number of amides is 1. The number of hydrogen-bond donors (Lipinski definition) is 2. The standard InChI is InChI=1S/C23H31N5O3/c29-15-22(30)21-5-4-17(10-25-21)28-14-20-16(2-1-3-19(20)23(28)31)11-26-12-18(13-26)27-8-6-24-7-9-27/h1-3,15,17-18,21,24-25H,4-14H2. The molecule has 1 aromatic carbocycles. The van der Waals surface area contributed by atoms with Crippen LogP contribution in [-0.4, -0.2) is 96.6 Å². The van der Waals surface area contributed by atoms with Gasteiger partial charge >= 0.3 is 0 Å². The lowest BCUT2D eigenvalue weighted by Crippen LogP contribution is -2.62. The molecular weight excluding hydrogens is 394 g/mol. The van der Waals surface area contributed by atoms with Crippen molar-refractivity contribution in [2.75, 3.05) is 45.8 Å². The van der Waals surface area contributed by atoms with Gasteiger partial charge in [-0.3, -0.25) is 24.2 Å². The van der Waals surface area contributed by atoms with Crippen molar-refractivity contribution in [3.05, 3.63) is 34.9 Å². The van der Waals surface area contributed by atoms with Gasteiger partial charge in [0.05, 0.1) is 6.04 Å². The minimum atomic E-state index is -0.403. The zero-order valence-corrected chi connectivity index (χ0v) is 17.9. The normalized spacial score (nSPS) is 27.7. The fraction of sp³-hybridized carbons (Fsp3) is 0.609. The van der Waals surface area contributed by atoms with Crippen molar-refractivity contribution in [2.24, 2.45) is 0 Å². The SMILES string of the molecule is O=CC(=O)C1CCC(N2Cc3c(CN4CC(N5CCNCC5)C4)cccc3C2=O)CN1. The quantitative estimate of drug-likeness (QED) is 0.475. The Morgan fingerprint density at radius 1 is 1.13 bits per heavy atom. The molecule has 0 aliphatic carbocycles. The number of Topliss-reactive ketones (excluding diaryl/α,β-unsaturated/α-hetero) is 1. The monoisotopic (exact) mass is 425 g/mol. The number of fused-ring (bicyclic) bond motifs is 1. The molecule has 3 fully saturated rings.